The maximum atomic E-state index is 15.6. The second-order valence-corrected chi connectivity index (χ2v) is 10.2. The molecule has 2 heterocycles. The maximum Gasteiger partial charge on any atom is 0.228 e. The molecule has 5 rings (SSSR count). The number of allylic oxidation sites excluding steroid dienone is 1. The van der Waals surface area contributed by atoms with Gasteiger partial charge >= 0.3 is 0 Å². The highest BCUT2D eigenvalue weighted by atomic mass is 19.1. The third-order valence-electron chi connectivity index (χ3n) is 7.14. The van der Waals surface area contributed by atoms with Crippen molar-refractivity contribution in [1.82, 2.24) is 19.7 Å². The number of nitrogens with zero attached hydrogens (tertiary/aromatic N) is 3. The van der Waals surface area contributed by atoms with Crippen molar-refractivity contribution >= 4 is 28.5 Å². The number of imidazole rings is 1. The molecule has 0 spiro atoms. The maximum absolute atomic E-state index is 15.6. The van der Waals surface area contributed by atoms with Gasteiger partial charge in [-0.05, 0) is 67.8 Å². The standard InChI is InChI=1S/C30H32F2N6O/c1-17(2)30-37-27(28-29(33)35-16-25(38(28)30)19-8-10-21(34-3)11-9-19)23-12-7-18(13-24(23)32)14-26(39)36-22-6-4-5-20(31)15-22/h4-8,12-13,15-17,21,34H,9-11,14H2,1-3H3,(H2,33,35)(H,36,39). The average Bonchev–Trinajstić information content (AvgIpc) is 3.31. The monoisotopic (exact) mass is 530 g/mol. The first-order valence-corrected chi connectivity index (χ1v) is 13.1. The van der Waals surface area contributed by atoms with Crippen LogP contribution in [-0.4, -0.2) is 33.4 Å². The van der Waals surface area contributed by atoms with Gasteiger partial charge in [0.05, 0.1) is 18.3 Å². The second-order valence-electron chi connectivity index (χ2n) is 10.2. The van der Waals surface area contributed by atoms with E-state index < -0.39 is 11.6 Å². The summed E-state index contributed by atoms with van der Waals surface area (Å²) in [5.74, 6) is -0.235. The number of hydrogen-bond acceptors (Lipinski definition) is 5. The Hall–Kier alpha value is -4.11. The molecule has 39 heavy (non-hydrogen) atoms. The molecule has 7 nitrogen and oxygen atoms in total. The van der Waals surface area contributed by atoms with Crippen LogP contribution in [0.15, 0.2) is 54.7 Å². The number of nitrogens with one attached hydrogen (secondary N) is 2. The van der Waals surface area contributed by atoms with Crippen molar-refractivity contribution in [3.8, 4) is 11.3 Å². The van der Waals surface area contributed by atoms with Crippen LogP contribution in [0.2, 0.25) is 0 Å². The number of carbonyl (C=O) groups is 1. The number of fused-ring (bicyclic) bond motifs is 1. The summed E-state index contributed by atoms with van der Waals surface area (Å²) in [6.45, 7) is 4.09. The lowest BCUT2D eigenvalue weighted by atomic mass is 9.93. The third-order valence-corrected chi connectivity index (χ3v) is 7.14. The van der Waals surface area contributed by atoms with Crippen LogP contribution in [0.3, 0.4) is 0 Å². The quantitative estimate of drug-likeness (QED) is 0.284. The lowest BCUT2D eigenvalue weighted by Crippen LogP contribution is -2.26. The van der Waals surface area contributed by atoms with E-state index in [4.69, 9.17) is 10.7 Å². The number of nitrogens with two attached hydrogens (primary N) is 1. The van der Waals surface area contributed by atoms with Gasteiger partial charge < -0.3 is 16.4 Å². The molecular weight excluding hydrogens is 498 g/mol. The number of anilines is 2. The topological polar surface area (TPSA) is 97.3 Å². The molecule has 0 saturated heterocycles. The van der Waals surface area contributed by atoms with E-state index in [1.54, 1.807) is 24.4 Å². The van der Waals surface area contributed by atoms with Crippen LogP contribution in [0, 0.1) is 11.6 Å². The molecule has 9 heteroatoms. The van der Waals surface area contributed by atoms with E-state index in [-0.39, 0.29) is 29.6 Å². The summed E-state index contributed by atoms with van der Waals surface area (Å²) in [4.78, 5) is 21.8. The molecule has 4 aromatic rings. The summed E-state index contributed by atoms with van der Waals surface area (Å²) in [5, 5.41) is 5.97. The molecule has 1 aliphatic carbocycles. The normalized spacial score (nSPS) is 15.5. The van der Waals surface area contributed by atoms with Crippen LogP contribution in [0.25, 0.3) is 22.3 Å². The Morgan fingerprint density at radius 3 is 2.69 bits per heavy atom. The van der Waals surface area contributed by atoms with Crippen molar-refractivity contribution in [3.63, 3.8) is 0 Å². The summed E-state index contributed by atoms with van der Waals surface area (Å²) >= 11 is 0. The third kappa shape index (κ3) is 5.40. The highest BCUT2D eigenvalue weighted by Gasteiger charge is 2.25. The van der Waals surface area contributed by atoms with E-state index in [1.807, 2.05) is 25.3 Å². The molecule has 0 saturated carbocycles. The van der Waals surface area contributed by atoms with E-state index in [1.165, 1.54) is 29.8 Å². The molecule has 0 fully saturated rings. The SMILES string of the molecule is CNC1CC=C(c2cnc(N)c3c(-c4ccc(CC(=O)Nc5cccc(F)c5)cc4F)nc(C(C)C)n23)CC1. The Bertz CT molecular complexity index is 1580. The van der Waals surface area contributed by atoms with Crippen molar-refractivity contribution in [2.45, 2.75) is 51.5 Å². The van der Waals surface area contributed by atoms with Gasteiger partial charge in [0.1, 0.15) is 34.5 Å². The molecular formula is C30H32F2N6O. The van der Waals surface area contributed by atoms with Crippen LogP contribution in [0.1, 0.15) is 56.1 Å². The summed E-state index contributed by atoms with van der Waals surface area (Å²) in [6, 6.07) is 10.7. The molecule has 1 amide bonds. The second kappa shape index (κ2) is 10.9. The first-order valence-electron chi connectivity index (χ1n) is 13.1. The number of carbonyl (C=O) groups excluding carboxylic acids is 1. The van der Waals surface area contributed by atoms with Gasteiger partial charge in [0.25, 0.3) is 0 Å². The Balaban J connectivity index is 1.50. The predicted molar refractivity (Wildman–Crippen MR) is 150 cm³/mol. The van der Waals surface area contributed by atoms with Gasteiger partial charge in [0, 0.05) is 23.2 Å². The van der Waals surface area contributed by atoms with Crippen LogP contribution < -0.4 is 16.4 Å². The summed E-state index contributed by atoms with van der Waals surface area (Å²) < 4.78 is 31.0. The minimum atomic E-state index is -0.514. The zero-order chi connectivity index (χ0) is 27.7. The predicted octanol–water partition coefficient (Wildman–Crippen LogP) is 5.72. The average molecular weight is 531 g/mol. The van der Waals surface area contributed by atoms with E-state index in [0.29, 0.717) is 28.5 Å². The van der Waals surface area contributed by atoms with Gasteiger partial charge in [0.2, 0.25) is 5.91 Å². The Morgan fingerprint density at radius 2 is 2.03 bits per heavy atom. The molecule has 202 valence electrons. The number of amides is 1. The van der Waals surface area contributed by atoms with Crippen LogP contribution in [-0.2, 0) is 11.2 Å². The molecule has 2 aromatic carbocycles. The zero-order valence-electron chi connectivity index (χ0n) is 22.3. The fourth-order valence-electron chi connectivity index (χ4n) is 5.12. The Morgan fingerprint density at radius 1 is 1.21 bits per heavy atom. The Kier molecular flexibility index (Phi) is 7.43. The molecule has 2 aromatic heterocycles. The van der Waals surface area contributed by atoms with Gasteiger partial charge in [-0.3, -0.25) is 9.20 Å². The van der Waals surface area contributed by atoms with Gasteiger partial charge in [-0.2, -0.15) is 0 Å². The van der Waals surface area contributed by atoms with Crippen molar-refractivity contribution in [2.75, 3.05) is 18.1 Å². The number of aromatic nitrogens is 3. The first-order chi connectivity index (χ1) is 18.7. The van der Waals surface area contributed by atoms with Crippen LogP contribution in [0.5, 0.6) is 0 Å². The van der Waals surface area contributed by atoms with Crippen molar-refractivity contribution < 1.29 is 13.6 Å². The highest BCUT2D eigenvalue weighted by molar-refractivity contribution is 5.92. The lowest BCUT2D eigenvalue weighted by Gasteiger charge is -2.22. The number of nitrogen functional groups attached to an aromatic ring is 1. The summed E-state index contributed by atoms with van der Waals surface area (Å²) in [7, 11) is 1.97. The Labute approximate surface area is 226 Å². The lowest BCUT2D eigenvalue weighted by molar-refractivity contribution is -0.115. The number of rotatable bonds is 7. The van der Waals surface area contributed by atoms with E-state index >= 15 is 4.39 Å². The summed E-state index contributed by atoms with van der Waals surface area (Å²) in [6.07, 6.45) is 6.75. The number of halogens is 2. The van der Waals surface area contributed by atoms with E-state index in [0.717, 1.165) is 30.8 Å². The van der Waals surface area contributed by atoms with Gasteiger partial charge in [0.15, 0.2) is 0 Å². The van der Waals surface area contributed by atoms with Crippen LogP contribution in [0.4, 0.5) is 20.3 Å². The van der Waals surface area contributed by atoms with Gasteiger partial charge in [-0.25, -0.2) is 18.7 Å². The molecule has 0 aliphatic heterocycles. The fourth-order valence-corrected chi connectivity index (χ4v) is 5.12. The largest absolute Gasteiger partial charge is 0.382 e. The zero-order valence-corrected chi connectivity index (χ0v) is 22.3. The smallest absolute Gasteiger partial charge is 0.228 e. The highest BCUT2D eigenvalue weighted by Crippen LogP contribution is 2.36. The fraction of sp³-hybridized carbons (Fsp3) is 0.300. The molecule has 1 atom stereocenters. The van der Waals surface area contributed by atoms with Gasteiger partial charge in [-0.1, -0.05) is 32.1 Å². The van der Waals surface area contributed by atoms with E-state index in [9.17, 15) is 9.18 Å². The molecule has 0 bridgehead atoms. The minimum Gasteiger partial charge on any atom is -0.382 e. The van der Waals surface area contributed by atoms with E-state index in [2.05, 4.69) is 21.7 Å². The van der Waals surface area contributed by atoms with Crippen molar-refractivity contribution in [2.24, 2.45) is 0 Å². The molecule has 1 aliphatic rings. The summed E-state index contributed by atoms with van der Waals surface area (Å²) in [5.41, 5.74) is 10.6. The molecule has 4 N–H and O–H groups in total. The van der Waals surface area contributed by atoms with Crippen molar-refractivity contribution in [3.05, 3.63) is 83.5 Å². The number of benzene rings is 2. The van der Waals surface area contributed by atoms with Crippen LogP contribution >= 0.6 is 0 Å². The minimum absolute atomic E-state index is 0.0508. The van der Waals surface area contributed by atoms with Gasteiger partial charge in [-0.15, -0.1) is 0 Å². The molecule has 1 unspecified atom stereocenters. The van der Waals surface area contributed by atoms with Crippen molar-refractivity contribution in [1.29, 1.82) is 0 Å². The molecule has 0 radical (unpaired) electrons. The number of hydrogen-bond donors (Lipinski definition) is 3. The first kappa shape index (κ1) is 26.5.